The molecule has 4 amide bonds. The van der Waals surface area contributed by atoms with Gasteiger partial charge in [-0.2, -0.15) is 0 Å². The molecule has 0 fully saturated rings. The monoisotopic (exact) mass is 337 g/mol. The number of methoxy groups -OCH3 is 1. The maximum Gasteiger partial charge on any atom is 0.321 e. The molecule has 0 heterocycles. The first-order valence-electron chi connectivity index (χ1n) is 7.77. The number of rotatable bonds is 8. The van der Waals surface area contributed by atoms with Gasteiger partial charge < -0.3 is 20.3 Å². The lowest BCUT2D eigenvalue weighted by Gasteiger charge is -2.13. The van der Waals surface area contributed by atoms with Gasteiger partial charge in [-0.1, -0.05) is 6.92 Å². The van der Waals surface area contributed by atoms with Crippen LogP contribution in [0.4, 0.5) is 10.5 Å². The third kappa shape index (κ3) is 7.59. The molecule has 1 aromatic rings. The minimum atomic E-state index is -0.516. The van der Waals surface area contributed by atoms with E-state index in [9.17, 15) is 14.4 Å². The van der Waals surface area contributed by atoms with E-state index in [4.69, 9.17) is 4.74 Å². The molecule has 0 aliphatic rings. The van der Waals surface area contributed by atoms with Crippen molar-refractivity contribution in [3.8, 4) is 5.75 Å². The molecule has 1 aromatic carbocycles. The average molecular weight is 337 g/mol. The quantitative estimate of drug-likeness (QED) is 0.508. The first-order chi connectivity index (χ1) is 11.4. The number of ether oxygens (including phenoxy) is 1. The van der Waals surface area contributed by atoms with Gasteiger partial charge in [0.15, 0.2) is 13.1 Å². The highest BCUT2D eigenvalue weighted by molar-refractivity contribution is 5.95. The van der Waals surface area contributed by atoms with Gasteiger partial charge in [0.2, 0.25) is 0 Å². The SMILES string of the molecule is CCCNC(=O)NC(=O)C[NH+](C)CC(=O)Nc1ccc(OC)cc1. The number of carbonyl (C=O) groups excluding carboxylic acids is 3. The lowest BCUT2D eigenvalue weighted by molar-refractivity contribution is -0.862. The second kappa shape index (κ2) is 10.2. The molecular formula is C16H25N4O4+. The molecule has 24 heavy (non-hydrogen) atoms. The molecule has 0 spiro atoms. The Morgan fingerprint density at radius 1 is 1.08 bits per heavy atom. The molecule has 0 aliphatic carbocycles. The number of urea groups is 1. The van der Waals surface area contributed by atoms with E-state index < -0.39 is 11.9 Å². The van der Waals surface area contributed by atoms with Crippen LogP contribution in [0.15, 0.2) is 24.3 Å². The van der Waals surface area contributed by atoms with Crippen LogP contribution in [0.2, 0.25) is 0 Å². The summed E-state index contributed by atoms with van der Waals surface area (Å²) in [6.45, 7) is 2.55. The second-order valence-corrected chi connectivity index (χ2v) is 5.39. The van der Waals surface area contributed by atoms with Crippen molar-refractivity contribution >= 4 is 23.5 Å². The van der Waals surface area contributed by atoms with Crippen LogP contribution < -0.4 is 25.6 Å². The van der Waals surface area contributed by atoms with E-state index in [1.807, 2.05) is 6.92 Å². The van der Waals surface area contributed by atoms with Crippen molar-refractivity contribution in [1.82, 2.24) is 10.6 Å². The van der Waals surface area contributed by atoms with Crippen molar-refractivity contribution in [2.75, 3.05) is 39.1 Å². The van der Waals surface area contributed by atoms with Gasteiger partial charge in [-0.15, -0.1) is 0 Å². The van der Waals surface area contributed by atoms with Crippen LogP contribution in [-0.2, 0) is 9.59 Å². The number of anilines is 1. The fourth-order valence-electron chi connectivity index (χ4n) is 1.94. The van der Waals surface area contributed by atoms with Crippen molar-refractivity contribution < 1.29 is 24.0 Å². The summed E-state index contributed by atoms with van der Waals surface area (Å²) in [6.07, 6.45) is 0.790. The Labute approximate surface area is 141 Å². The van der Waals surface area contributed by atoms with Gasteiger partial charge in [-0.05, 0) is 30.7 Å². The van der Waals surface area contributed by atoms with Gasteiger partial charge in [-0.3, -0.25) is 14.9 Å². The van der Waals surface area contributed by atoms with Crippen LogP contribution in [0, 0.1) is 0 Å². The molecule has 0 saturated carbocycles. The van der Waals surface area contributed by atoms with Gasteiger partial charge >= 0.3 is 6.03 Å². The predicted octanol–water partition coefficient (Wildman–Crippen LogP) is -0.616. The molecular weight excluding hydrogens is 312 g/mol. The Kier molecular flexibility index (Phi) is 8.28. The van der Waals surface area contributed by atoms with E-state index >= 15 is 0 Å². The third-order valence-electron chi connectivity index (χ3n) is 3.09. The maximum absolute atomic E-state index is 11.9. The van der Waals surface area contributed by atoms with Gasteiger partial charge in [0, 0.05) is 12.2 Å². The number of likely N-dealkylation sites (N-methyl/N-ethyl adjacent to an activating group) is 1. The third-order valence-corrected chi connectivity index (χ3v) is 3.09. The largest absolute Gasteiger partial charge is 0.497 e. The first kappa shape index (κ1) is 19.4. The summed E-state index contributed by atoms with van der Waals surface area (Å²) >= 11 is 0. The number of hydrogen-bond donors (Lipinski definition) is 4. The van der Waals surface area contributed by atoms with Crippen molar-refractivity contribution in [3.05, 3.63) is 24.3 Å². The summed E-state index contributed by atoms with van der Waals surface area (Å²) in [5, 5.41) is 7.52. The lowest BCUT2D eigenvalue weighted by atomic mass is 10.3. The summed E-state index contributed by atoms with van der Waals surface area (Å²) in [5.41, 5.74) is 0.650. The number of quaternary nitrogens is 1. The van der Waals surface area contributed by atoms with Gasteiger partial charge in [0.25, 0.3) is 11.8 Å². The molecule has 0 saturated heterocycles. The molecule has 8 nitrogen and oxygen atoms in total. The van der Waals surface area contributed by atoms with Gasteiger partial charge in [0.05, 0.1) is 14.2 Å². The predicted molar refractivity (Wildman–Crippen MR) is 90.1 cm³/mol. The molecule has 4 N–H and O–H groups in total. The van der Waals surface area contributed by atoms with E-state index in [2.05, 4.69) is 16.0 Å². The zero-order chi connectivity index (χ0) is 17.9. The molecule has 0 aliphatic heterocycles. The second-order valence-electron chi connectivity index (χ2n) is 5.39. The molecule has 1 atom stereocenters. The molecule has 1 unspecified atom stereocenters. The van der Waals surface area contributed by atoms with Crippen LogP contribution in [0.1, 0.15) is 13.3 Å². The molecule has 0 aromatic heterocycles. The lowest BCUT2D eigenvalue weighted by Crippen LogP contribution is -3.11. The van der Waals surface area contributed by atoms with Crippen LogP contribution in [-0.4, -0.2) is 51.6 Å². The highest BCUT2D eigenvalue weighted by atomic mass is 16.5. The molecule has 8 heteroatoms. The van der Waals surface area contributed by atoms with Crippen molar-refractivity contribution in [3.63, 3.8) is 0 Å². The number of imide groups is 1. The van der Waals surface area contributed by atoms with Gasteiger partial charge in [0.1, 0.15) is 5.75 Å². The van der Waals surface area contributed by atoms with Crippen LogP contribution in [0.3, 0.4) is 0 Å². The summed E-state index contributed by atoms with van der Waals surface area (Å²) in [5.74, 6) is 0.0491. The van der Waals surface area contributed by atoms with Crippen LogP contribution >= 0.6 is 0 Å². The number of carbonyl (C=O) groups is 3. The number of amides is 4. The van der Waals surface area contributed by atoms with Crippen LogP contribution in [0.5, 0.6) is 5.75 Å². The highest BCUT2D eigenvalue weighted by Crippen LogP contribution is 2.14. The normalized spacial score (nSPS) is 11.3. The van der Waals surface area contributed by atoms with Crippen molar-refractivity contribution in [1.29, 1.82) is 0 Å². The average Bonchev–Trinajstić information content (AvgIpc) is 2.53. The Morgan fingerprint density at radius 3 is 2.29 bits per heavy atom. The van der Waals surface area contributed by atoms with E-state index in [0.29, 0.717) is 22.9 Å². The zero-order valence-electron chi connectivity index (χ0n) is 14.3. The summed E-state index contributed by atoms with van der Waals surface area (Å²) in [4.78, 5) is 35.7. The molecule has 1 rings (SSSR count). The number of benzene rings is 1. The Hall–Kier alpha value is -2.61. The maximum atomic E-state index is 11.9. The van der Waals surface area contributed by atoms with Crippen molar-refractivity contribution in [2.45, 2.75) is 13.3 Å². The van der Waals surface area contributed by atoms with E-state index in [-0.39, 0.29) is 19.0 Å². The Morgan fingerprint density at radius 2 is 1.71 bits per heavy atom. The summed E-state index contributed by atoms with van der Waals surface area (Å²) in [6, 6.07) is 6.44. The Balaban J connectivity index is 2.34. The fraction of sp³-hybridized carbons (Fsp3) is 0.438. The molecule has 0 radical (unpaired) electrons. The van der Waals surface area contributed by atoms with Crippen LogP contribution in [0.25, 0.3) is 0 Å². The molecule has 0 bridgehead atoms. The topological polar surface area (TPSA) is 101 Å². The number of hydrogen-bond acceptors (Lipinski definition) is 4. The summed E-state index contributed by atoms with van der Waals surface area (Å²) in [7, 11) is 3.27. The minimum absolute atomic E-state index is 0.0234. The fourth-order valence-corrected chi connectivity index (χ4v) is 1.94. The van der Waals surface area contributed by atoms with Crippen molar-refractivity contribution in [2.24, 2.45) is 0 Å². The van der Waals surface area contributed by atoms with E-state index in [1.165, 1.54) is 0 Å². The minimum Gasteiger partial charge on any atom is -0.497 e. The summed E-state index contributed by atoms with van der Waals surface area (Å²) < 4.78 is 5.04. The zero-order valence-corrected chi connectivity index (χ0v) is 14.3. The standard InChI is InChI=1S/C16H24N4O4/c1-4-9-17-16(23)19-15(22)11-20(2)10-14(21)18-12-5-7-13(24-3)8-6-12/h5-8H,4,9-11H2,1-3H3,(H,18,21)(H2,17,19,22,23)/p+1. The van der Waals surface area contributed by atoms with Gasteiger partial charge in [-0.25, -0.2) is 4.79 Å². The Bertz CT molecular complexity index is 560. The van der Waals surface area contributed by atoms with E-state index in [0.717, 1.165) is 6.42 Å². The number of nitrogens with one attached hydrogen (secondary N) is 4. The smallest absolute Gasteiger partial charge is 0.321 e. The first-order valence-corrected chi connectivity index (χ1v) is 7.77. The molecule has 132 valence electrons. The highest BCUT2D eigenvalue weighted by Gasteiger charge is 2.16. The van der Waals surface area contributed by atoms with E-state index in [1.54, 1.807) is 38.4 Å².